The molecule has 0 unspecified atom stereocenters. The highest BCUT2D eigenvalue weighted by Crippen LogP contribution is 2.19. The summed E-state index contributed by atoms with van der Waals surface area (Å²) in [5, 5.41) is 2.65. The van der Waals surface area contributed by atoms with Crippen LogP contribution in [0.5, 0.6) is 5.75 Å². The Morgan fingerprint density at radius 2 is 1.96 bits per heavy atom. The number of rotatable bonds is 2. The average molecular weight is 334 g/mol. The summed E-state index contributed by atoms with van der Waals surface area (Å²) in [7, 11) is 0. The first-order valence-corrected chi connectivity index (χ1v) is 7.99. The van der Waals surface area contributed by atoms with Gasteiger partial charge in [-0.1, -0.05) is 17.7 Å². The lowest BCUT2D eigenvalue weighted by Crippen LogP contribution is -2.47. The number of carbonyl (C=O) groups is 1. The molecule has 1 aliphatic heterocycles. The van der Waals surface area contributed by atoms with E-state index in [0.29, 0.717) is 18.9 Å². The van der Waals surface area contributed by atoms with Crippen molar-refractivity contribution >= 4 is 29.2 Å². The average Bonchev–Trinajstić information content (AvgIpc) is 2.49. The zero-order valence-corrected chi connectivity index (χ0v) is 14.2. The number of piperidine rings is 1. The number of hydrogen-bond donors (Lipinski definition) is 2. The Kier molecular flexibility index (Phi) is 5.92. The molecule has 2 rings (SSSR count). The number of amides is 2. The Bertz CT molecular complexity index is 589. The number of hydrogen-bond acceptors (Lipinski definition) is 3. The number of carbonyl (C=O) groups excluding carboxylic acids is 1. The van der Waals surface area contributed by atoms with E-state index in [1.54, 1.807) is 11.8 Å². The Morgan fingerprint density at radius 1 is 1.35 bits per heavy atom. The van der Waals surface area contributed by atoms with Crippen LogP contribution in [0, 0.1) is 6.92 Å². The molecule has 0 bridgehead atoms. The van der Waals surface area contributed by atoms with Crippen molar-refractivity contribution in [2.45, 2.75) is 32.8 Å². The minimum atomic E-state index is -0.242. The molecule has 124 valence electrons. The Labute approximate surface area is 141 Å². The molecule has 1 aliphatic rings. The summed E-state index contributed by atoms with van der Waals surface area (Å²) in [6.07, 6.45) is 1.69. The molecule has 3 N–H and O–H groups in total. The van der Waals surface area contributed by atoms with Crippen molar-refractivity contribution in [3.8, 4) is 5.75 Å². The standard InChI is InChI=1S/C16H22N4O2S/c1-11-3-5-13(6-4-11)22-14-7-9-20(10-8-14)16(21)19-15(23)18-12(2)17/h3-6,14H,7-10H2,1-2H3,(H3,17,18,19,21,23). The van der Waals surface area contributed by atoms with Crippen LogP contribution in [0.25, 0.3) is 0 Å². The fraction of sp³-hybridized carbons (Fsp3) is 0.438. The molecule has 1 aromatic carbocycles. The van der Waals surface area contributed by atoms with Gasteiger partial charge in [-0.2, -0.15) is 0 Å². The SMILES string of the molecule is C/C(N)=N/C(=S)NC(=O)N1CCC(Oc2ccc(C)cc2)CC1. The van der Waals surface area contributed by atoms with E-state index in [2.05, 4.69) is 10.3 Å². The molecule has 6 nitrogen and oxygen atoms in total. The van der Waals surface area contributed by atoms with Gasteiger partial charge in [0.25, 0.3) is 0 Å². The third-order valence-corrected chi connectivity index (χ3v) is 3.74. The number of aliphatic imine (C=N–C) groups is 1. The summed E-state index contributed by atoms with van der Waals surface area (Å²) in [5.74, 6) is 1.19. The molecule has 1 aromatic rings. The fourth-order valence-electron chi connectivity index (χ4n) is 2.34. The van der Waals surface area contributed by atoms with Crippen LogP contribution in [0.15, 0.2) is 29.3 Å². The third-order valence-electron chi connectivity index (χ3n) is 3.54. The third kappa shape index (κ3) is 5.52. The van der Waals surface area contributed by atoms with Crippen LogP contribution in [0.3, 0.4) is 0 Å². The first-order chi connectivity index (χ1) is 10.9. The largest absolute Gasteiger partial charge is 0.490 e. The van der Waals surface area contributed by atoms with Gasteiger partial charge in [-0.25, -0.2) is 9.79 Å². The second kappa shape index (κ2) is 7.92. The van der Waals surface area contributed by atoms with Crippen molar-refractivity contribution in [2.24, 2.45) is 10.7 Å². The van der Waals surface area contributed by atoms with Crippen molar-refractivity contribution in [3.63, 3.8) is 0 Å². The second-order valence-electron chi connectivity index (χ2n) is 5.61. The number of nitrogens with one attached hydrogen (secondary N) is 1. The van der Waals surface area contributed by atoms with Crippen LogP contribution in [0.1, 0.15) is 25.3 Å². The van der Waals surface area contributed by atoms with E-state index in [9.17, 15) is 4.79 Å². The highest BCUT2D eigenvalue weighted by Gasteiger charge is 2.24. The molecule has 1 saturated heterocycles. The van der Waals surface area contributed by atoms with Crippen LogP contribution < -0.4 is 15.8 Å². The van der Waals surface area contributed by atoms with Crippen molar-refractivity contribution in [3.05, 3.63) is 29.8 Å². The molecule has 0 aromatic heterocycles. The predicted octanol–water partition coefficient (Wildman–Crippen LogP) is 2.21. The van der Waals surface area contributed by atoms with E-state index in [1.807, 2.05) is 31.2 Å². The van der Waals surface area contributed by atoms with E-state index in [0.717, 1.165) is 18.6 Å². The van der Waals surface area contributed by atoms with E-state index in [1.165, 1.54) is 5.56 Å². The van der Waals surface area contributed by atoms with E-state index >= 15 is 0 Å². The second-order valence-corrected chi connectivity index (χ2v) is 5.99. The Hall–Kier alpha value is -2.15. The maximum atomic E-state index is 12.1. The number of amidine groups is 1. The minimum Gasteiger partial charge on any atom is -0.490 e. The van der Waals surface area contributed by atoms with Crippen LogP contribution in [-0.4, -0.2) is 41.1 Å². The monoisotopic (exact) mass is 334 g/mol. The van der Waals surface area contributed by atoms with Crippen molar-refractivity contribution in [1.82, 2.24) is 10.2 Å². The zero-order chi connectivity index (χ0) is 16.8. The summed E-state index contributed by atoms with van der Waals surface area (Å²) in [6.45, 7) is 4.90. The van der Waals surface area contributed by atoms with Crippen molar-refractivity contribution in [1.29, 1.82) is 0 Å². The number of ether oxygens (including phenoxy) is 1. The van der Waals surface area contributed by atoms with Gasteiger partial charge in [-0.15, -0.1) is 0 Å². The Morgan fingerprint density at radius 3 is 2.52 bits per heavy atom. The quantitative estimate of drug-likeness (QED) is 0.494. The maximum Gasteiger partial charge on any atom is 0.323 e. The summed E-state index contributed by atoms with van der Waals surface area (Å²) in [5.41, 5.74) is 6.63. The number of aryl methyl sites for hydroxylation is 1. The molecule has 1 fully saturated rings. The van der Waals surface area contributed by atoms with Gasteiger partial charge in [0.1, 0.15) is 11.9 Å². The number of thiocarbonyl (C=S) groups is 1. The predicted molar refractivity (Wildman–Crippen MR) is 94.8 cm³/mol. The first kappa shape index (κ1) is 17.2. The fourth-order valence-corrected chi connectivity index (χ4v) is 2.58. The smallest absolute Gasteiger partial charge is 0.323 e. The lowest BCUT2D eigenvalue weighted by atomic mass is 10.1. The van der Waals surface area contributed by atoms with Gasteiger partial charge in [-0.05, 0) is 38.2 Å². The van der Waals surface area contributed by atoms with Gasteiger partial charge < -0.3 is 15.4 Å². The molecule has 0 spiro atoms. The molecule has 0 aliphatic carbocycles. The lowest BCUT2D eigenvalue weighted by Gasteiger charge is -2.32. The van der Waals surface area contributed by atoms with Gasteiger partial charge in [0.15, 0.2) is 0 Å². The molecule has 0 atom stereocenters. The summed E-state index contributed by atoms with van der Waals surface area (Å²) in [6, 6.07) is 7.76. The van der Waals surface area contributed by atoms with Crippen molar-refractivity contribution < 1.29 is 9.53 Å². The van der Waals surface area contributed by atoms with Gasteiger partial charge in [0.05, 0.1) is 5.84 Å². The number of nitrogens with two attached hydrogens (primary N) is 1. The molecule has 2 amide bonds. The van der Waals surface area contributed by atoms with Gasteiger partial charge in [0.2, 0.25) is 5.11 Å². The van der Waals surface area contributed by atoms with Crippen LogP contribution in [-0.2, 0) is 0 Å². The molecule has 0 radical (unpaired) electrons. The van der Waals surface area contributed by atoms with Gasteiger partial charge in [0, 0.05) is 25.9 Å². The number of urea groups is 1. The number of likely N-dealkylation sites (tertiary alicyclic amines) is 1. The number of benzene rings is 1. The molecule has 7 heteroatoms. The van der Waals surface area contributed by atoms with Crippen LogP contribution in [0.4, 0.5) is 4.79 Å². The highest BCUT2D eigenvalue weighted by atomic mass is 32.1. The molecular formula is C16H22N4O2S. The first-order valence-electron chi connectivity index (χ1n) is 7.58. The molecule has 0 saturated carbocycles. The van der Waals surface area contributed by atoms with Crippen LogP contribution >= 0.6 is 12.2 Å². The summed E-state index contributed by atoms with van der Waals surface area (Å²) < 4.78 is 5.95. The van der Waals surface area contributed by atoms with Gasteiger partial charge >= 0.3 is 6.03 Å². The molecule has 1 heterocycles. The van der Waals surface area contributed by atoms with Gasteiger partial charge in [-0.3, -0.25) is 5.32 Å². The summed E-state index contributed by atoms with van der Waals surface area (Å²) >= 11 is 4.95. The number of nitrogens with zero attached hydrogens (tertiary/aromatic N) is 2. The molecule has 23 heavy (non-hydrogen) atoms. The van der Waals surface area contributed by atoms with E-state index in [4.69, 9.17) is 22.7 Å². The zero-order valence-electron chi connectivity index (χ0n) is 13.4. The van der Waals surface area contributed by atoms with E-state index < -0.39 is 0 Å². The lowest BCUT2D eigenvalue weighted by molar-refractivity contribution is 0.112. The molecular weight excluding hydrogens is 312 g/mol. The van der Waals surface area contributed by atoms with Crippen molar-refractivity contribution in [2.75, 3.05) is 13.1 Å². The minimum absolute atomic E-state index is 0.0908. The highest BCUT2D eigenvalue weighted by molar-refractivity contribution is 7.80. The van der Waals surface area contributed by atoms with Crippen LogP contribution in [0.2, 0.25) is 0 Å². The van der Waals surface area contributed by atoms with E-state index in [-0.39, 0.29) is 17.2 Å². The summed E-state index contributed by atoms with van der Waals surface area (Å²) in [4.78, 5) is 17.6. The normalized spacial score (nSPS) is 16.1. The maximum absolute atomic E-state index is 12.1. The Balaban J connectivity index is 1.79. The topological polar surface area (TPSA) is 79.9 Å².